The van der Waals surface area contributed by atoms with Gasteiger partial charge in [-0.15, -0.1) is 11.3 Å². The molecule has 0 radical (unpaired) electrons. The summed E-state index contributed by atoms with van der Waals surface area (Å²) >= 11 is 1.75. The van der Waals surface area contributed by atoms with Gasteiger partial charge in [-0.2, -0.15) is 0 Å². The number of rotatable bonds is 6. The van der Waals surface area contributed by atoms with Crippen molar-refractivity contribution in [3.05, 3.63) is 83.6 Å². The van der Waals surface area contributed by atoms with Crippen molar-refractivity contribution in [1.82, 2.24) is 14.9 Å². The molecule has 0 N–H and O–H groups in total. The SMILES string of the molecule is CN(Cc1nc2ccccc2s1)Cc1ccccc1Oc1cccnc1. The number of benzene rings is 2. The van der Waals surface area contributed by atoms with Gasteiger partial charge in [-0.1, -0.05) is 30.3 Å². The fraction of sp³-hybridized carbons (Fsp3) is 0.143. The minimum Gasteiger partial charge on any atom is -0.455 e. The average Bonchev–Trinajstić information content (AvgIpc) is 3.06. The fourth-order valence-corrected chi connectivity index (χ4v) is 3.88. The van der Waals surface area contributed by atoms with Crippen molar-refractivity contribution in [2.45, 2.75) is 13.1 Å². The van der Waals surface area contributed by atoms with Crippen LogP contribution in [0.2, 0.25) is 0 Å². The summed E-state index contributed by atoms with van der Waals surface area (Å²) in [7, 11) is 2.10. The van der Waals surface area contributed by atoms with E-state index in [2.05, 4.69) is 41.2 Å². The zero-order valence-corrected chi connectivity index (χ0v) is 15.3. The first kappa shape index (κ1) is 16.7. The molecule has 0 saturated heterocycles. The van der Waals surface area contributed by atoms with Crippen LogP contribution in [0.3, 0.4) is 0 Å². The summed E-state index contributed by atoms with van der Waals surface area (Å²) in [6.45, 7) is 1.59. The maximum atomic E-state index is 6.01. The molecular formula is C21H19N3OS. The van der Waals surface area contributed by atoms with E-state index >= 15 is 0 Å². The molecule has 0 bridgehead atoms. The van der Waals surface area contributed by atoms with Gasteiger partial charge in [-0.3, -0.25) is 9.88 Å². The Labute approximate surface area is 156 Å². The van der Waals surface area contributed by atoms with Crippen molar-refractivity contribution in [3.8, 4) is 11.5 Å². The van der Waals surface area contributed by atoms with Gasteiger partial charge in [0.05, 0.1) is 23.0 Å². The Morgan fingerprint density at radius 3 is 2.65 bits per heavy atom. The van der Waals surface area contributed by atoms with Crippen LogP contribution in [0.15, 0.2) is 73.1 Å². The maximum absolute atomic E-state index is 6.01. The summed E-state index contributed by atoms with van der Waals surface area (Å²) in [4.78, 5) is 11.1. The highest BCUT2D eigenvalue weighted by Gasteiger charge is 2.10. The van der Waals surface area contributed by atoms with Gasteiger partial charge in [-0.05, 0) is 37.4 Å². The maximum Gasteiger partial charge on any atom is 0.145 e. The Kier molecular flexibility index (Phi) is 4.91. The van der Waals surface area contributed by atoms with E-state index < -0.39 is 0 Å². The molecule has 130 valence electrons. The first-order valence-electron chi connectivity index (χ1n) is 8.47. The topological polar surface area (TPSA) is 38.2 Å². The summed E-state index contributed by atoms with van der Waals surface area (Å²) in [6.07, 6.45) is 3.46. The zero-order valence-electron chi connectivity index (χ0n) is 14.5. The molecule has 5 heteroatoms. The lowest BCUT2D eigenvalue weighted by atomic mass is 10.2. The van der Waals surface area contributed by atoms with Crippen LogP contribution in [0.1, 0.15) is 10.6 Å². The average molecular weight is 361 g/mol. The molecule has 0 atom stereocenters. The molecule has 4 aromatic rings. The summed E-state index contributed by atoms with van der Waals surface area (Å²) in [5, 5.41) is 1.12. The second kappa shape index (κ2) is 7.64. The molecule has 2 heterocycles. The van der Waals surface area contributed by atoms with E-state index in [1.807, 2.05) is 36.4 Å². The third kappa shape index (κ3) is 3.90. The highest BCUT2D eigenvalue weighted by Crippen LogP contribution is 2.27. The third-order valence-electron chi connectivity index (χ3n) is 4.02. The van der Waals surface area contributed by atoms with E-state index in [9.17, 15) is 0 Å². The summed E-state index contributed by atoms with van der Waals surface area (Å²) in [5.41, 5.74) is 2.21. The number of nitrogens with zero attached hydrogens (tertiary/aromatic N) is 3. The van der Waals surface area contributed by atoms with E-state index in [-0.39, 0.29) is 0 Å². The Morgan fingerprint density at radius 2 is 1.81 bits per heavy atom. The number of thiazole rings is 1. The van der Waals surface area contributed by atoms with Crippen LogP contribution < -0.4 is 4.74 Å². The number of hydrogen-bond acceptors (Lipinski definition) is 5. The molecule has 0 spiro atoms. The van der Waals surface area contributed by atoms with E-state index in [4.69, 9.17) is 9.72 Å². The van der Waals surface area contributed by atoms with Crippen LogP contribution in [0, 0.1) is 0 Å². The lowest BCUT2D eigenvalue weighted by Gasteiger charge is -2.17. The number of fused-ring (bicyclic) bond motifs is 1. The van der Waals surface area contributed by atoms with Crippen molar-refractivity contribution in [3.63, 3.8) is 0 Å². The van der Waals surface area contributed by atoms with Gasteiger partial charge in [0.25, 0.3) is 0 Å². The summed E-state index contributed by atoms with van der Waals surface area (Å²) in [5.74, 6) is 1.60. The Hall–Kier alpha value is -2.76. The molecule has 0 aliphatic heterocycles. The molecule has 26 heavy (non-hydrogen) atoms. The predicted molar refractivity (Wildman–Crippen MR) is 106 cm³/mol. The Balaban J connectivity index is 1.48. The summed E-state index contributed by atoms with van der Waals surface area (Å²) in [6, 6.07) is 20.2. The fourth-order valence-electron chi connectivity index (χ4n) is 2.83. The molecule has 0 aliphatic carbocycles. The smallest absolute Gasteiger partial charge is 0.145 e. The van der Waals surface area contributed by atoms with Crippen molar-refractivity contribution in [2.24, 2.45) is 0 Å². The van der Waals surface area contributed by atoms with E-state index in [1.165, 1.54) is 4.70 Å². The van der Waals surface area contributed by atoms with Gasteiger partial charge in [0.2, 0.25) is 0 Å². The minimum absolute atomic E-state index is 0.744. The molecule has 0 fully saturated rings. The lowest BCUT2D eigenvalue weighted by molar-refractivity contribution is 0.313. The number of pyridine rings is 1. The van der Waals surface area contributed by atoms with E-state index in [1.54, 1.807) is 23.7 Å². The van der Waals surface area contributed by atoms with E-state index in [0.29, 0.717) is 0 Å². The third-order valence-corrected chi connectivity index (χ3v) is 5.04. The molecule has 2 aromatic carbocycles. The largest absolute Gasteiger partial charge is 0.455 e. The minimum atomic E-state index is 0.744. The van der Waals surface area contributed by atoms with Crippen LogP contribution in [0.25, 0.3) is 10.2 Å². The summed E-state index contributed by atoms with van der Waals surface area (Å²) < 4.78 is 7.24. The Bertz CT molecular complexity index is 967. The normalized spacial score (nSPS) is 11.2. The molecule has 0 unspecified atom stereocenters. The molecule has 4 rings (SSSR count). The second-order valence-electron chi connectivity index (χ2n) is 6.15. The molecule has 0 aliphatic rings. The van der Waals surface area contributed by atoms with Crippen molar-refractivity contribution < 1.29 is 4.74 Å². The predicted octanol–water partition coefficient (Wildman–Crippen LogP) is 5.12. The zero-order chi connectivity index (χ0) is 17.8. The van der Waals surface area contributed by atoms with Crippen molar-refractivity contribution in [2.75, 3.05) is 7.05 Å². The van der Waals surface area contributed by atoms with Crippen LogP contribution in [-0.4, -0.2) is 21.9 Å². The van der Waals surface area contributed by atoms with Crippen molar-refractivity contribution >= 4 is 21.6 Å². The molecule has 2 aromatic heterocycles. The van der Waals surface area contributed by atoms with Crippen LogP contribution in [0.4, 0.5) is 0 Å². The first-order valence-corrected chi connectivity index (χ1v) is 9.28. The monoisotopic (exact) mass is 361 g/mol. The number of hydrogen-bond donors (Lipinski definition) is 0. The lowest BCUT2D eigenvalue weighted by Crippen LogP contribution is -2.17. The standard InChI is InChI=1S/C21H19N3OS/c1-24(15-21-23-18-9-3-5-11-20(18)26-21)14-16-7-2-4-10-19(16)25-17-8-6-12-22-13-17/h2-13H,14-15H2,1H3. The van der Waals surface area contributed by atoms with Gasteiger partial charge in [0, 0.05) is 18.3 Å². The molecular weight excluding hydrogens is 342 g/mol. The van der Waals surface area contributed by atoms with Gasteiger partial charge < -0.3 is 4.74 Å². The van der Waals surface area contributed by atoms with Gasteiger partial charge in [-0.25, -0.2) is 4.98 Å². The molecule has 4 nitrogen and oxygen atoms in total. The van der Waals surface area contributed by atoms with Crippen LogP contribution >= 0.6 is 11.3 Å². The Morgan fingerprint density at radius 1 is 0.962 bits per heavy atom. The van der Waals surface area contributed by atoms with E-state index in [0.717, 1.165) is 40.7 Å². The van der Waals surface area contributed by atoms with Gasteiger partial charge in [0.15, 0.2) is 0 Å². The highest BCUT2D eigenvalue weighted by atomic mass is 32.1. The van der Waals surface area contributed by atoms with Gasteiger partial charge in [0.1, 0.15) is 16.5 Å². The van der Waals surface area contributed by atoms with Crippen LogP contribution in [-0.2, 0) is 13.1 Å². The van der Waals surface area contributed by atoms with Crippen LogP contribution in [0.5, 0.6) is 11.5 Å². The molecule has 0 saturated carbocycles. The highest BCUT2D eigenvalue weighted by molar-refractivity contribution is 7.18. The quantitative estimate of drug-likeness (QED) is 0.478. The second-order valence-corrected chi connectivity index (χ2v) is 7.26. The van der Waals surface area contributed by atoms with Gasteiger partial charge >= 0.3 is 0 Å². The van der Waals surface area contributed by atoms with Crippen molar-refractivity contribution in [1.29, 1.82) is 0 Å². The number of aromatic nitrogens is 2. The first-order chi connectivity index (χ1) is 12.8. The number of para-hydroxylation sites is 2. The molecule has 0 amide bonds. The number of ether oxygens (including phenoxy) is 1.